The molecule has 0 heterocycles. The standard InChI is InChI=1S/C19H21BrN2O3S/c20-18-12-11-16(26(24,25)22-15-9-5-2-6-10-15)13-17(18)19(23)21-14-7-3-1-4-8-14/h1,3-4,7-8,11-13,15,22H,2,5-6,9-10H2,(H,21,23). The van der Waals surface area contributed by atoms with Gasteiger partial charge in [0.1, 0.15) is 0 Å². The summed E-state index contributed by atoms with van der Waals surface area (Å²) in [5.74, 6) is -0.363. The Morgan fingerprint density at radius 1 is 1.00 bits per heavy atom. The Morgan fingerprint density at radius 2 is 1.69 bits per heavy atom. The zero-order valence-electron chi connectivity index (χ0n) is 14.2. The quantitative estimate of drug-likeness (QED) is 0.732. The molecule has 1 fully saturated rings. The molecule has 0 bridgehead atoms. The molecule has 0 unspecified atom stereocenters. The highest BCUT2D eigenvalue weighted by Gasteiger charge is 2.23. The number of hydrogen-bond donors (Lipinski definition) is 2. The Hall–Kier alpha value is -1.70. The Morgan fingerprint density at radius 3 is 2.38 bits per heavy atom. The predicted octanol–water partition coefficient (Wildman–Crippen LogP) is 4.31. The fourth-order valence-electron chi connectivity index (χ4n) is 3.07. The van der Waals surface area contributed by atoms with Crippen LogP contribution in [0, 0.1) is 0 Å². The predicted molar refractivity (Wildman–Crippen MR) is 106 cm³/mol. The van der Waals surface area contributed by atoms with Crippen molar-refractivity contribution in [2.45, 2.75) is 43.0 Å². The lowest BCUT2D eigenvalue weighted by atomic mass is 9.96. The summed E-state index contributed by atoms with van der Waals surface area (Å²) in [5.41, 5.74) is 0.929. The zero-order chi connectivity index (χ0) is 18.6. The molecule has 0 saturated heterocycles. The van der Waals surface area contributed by atoms with Crippen LogP contribution in [0.4, 0.5) is 5.69 Å². The number of rotatable bonds is 5. The van der Waals surface area contributed by atoms with Crippen LogP contribution in [-0.4, -0.2) is 20.4 Å². The first kappa shape index (κ1) is 19.1. The number of anilines is 1. The van der Waals surface area contributed by atoms with E-state index in [1.54, 1.807) is 18.2 Å². The Bertz CT molecular complexity index is 879. The van der Waals surface area contributed by atoms with Gasteiger partial charge in [-0.05, 0) is 59.1 Å². The summed E-state index contributed by atoms with van der Waals surface area (Å²) in [6.45, 7) is 0. The smallest absolute Gasteiger partial charge is 0.256 e. The van der Waals surface area contributed by atoms with Gasteiger partial charge in [-0.15, -0.1) is 0 Å². The highest BCUT2D eigenvalue weighted by molar-refractivity contribution is 9.10. The summed E-state index contributed by atoms with van der Waals surface area (Å²) < 4.78 is 28.7. The second-order valence-electron chi connectivity index (χ2n) is 6.42. The Labute approximate surface area is 162 Å². The lowest BCUT2D eigenvalue weighted by molar-refractivity contribution is 0.102. The fourth-order valence-corrected chi connectivity index (χ4v) is 4.83. The third-order valence-electron chi connectivity index (χ3n) is 4.45. The lowest BCUT2D eigenvalue weighted by Gasteiger charge is -2.22. The van der Waals surface area contributed by atoms with E-state index in [1.165, 1.54) is 12.1 Å². The number of sulfonamides is 1. The lowest BCUT2D eigenvalue weighted by Crippen LogP contribution is -2.36. The largest absolute Gasteiger partial charge is 0.322 e. The molecule has 138 valence electrons. The number of nitrogens with one attached hydrogen (secondary N) is 2. The van der Waals surface area contributed by atoms with Crippen LogP contribution < -0.4 is 10.0 Å². The number of hydrogen-bond acceptors (Lipinski definition) is 3. The van der Waals surface area contributed by atoms with Gasteiger partial charge in [-0.2, -0.15) is 0 Å². The topological polar surface area (TPSA) is 75.3 Å². The first-order valence-corrected chi connectivity index (χ1v) is 10.9. The van der Waals surface area contributed by atoms with E-state index in [-0.39, 0.29) is 22.4 Å². The number of para-hydroxylation sites is 1. The van der Waals surface area contributed by atoms with Crippen molar-refractivity contribution in [2.75, 3.05) is 5.32 Å². The minimum atomic E-state index is -3.66. The summed E-state index contributed by atoms with van der Waals surface area (Å²) >= 11 is 3.33. The van der Waals surface area contributed by atoms with Gasteiger partial charge < -0.3 is 5.32 Å². The second-order valence-corrected chi connectivity index (χ2v) is 8.99. The van der Waals surface area contributed by atoms with Crippen LogP contribution in [0.15, 0.2) is 57.9 Å². The van der Waals surface area contributed by atoms with E-state index in [2.05, 4.69) is 26.0 Å². The minimum Gasteiger partial charge on any atom is -0.322 e. The molecule has 0 aliphatic heterocycles. The molecule has 0 radical (unpaired) electrons. The van der Waals surface area contributed by atoms with Crippen LogP contribution in [-0.2, 0) is 10.0 Å². The van der Waals surface area contributed by atoms with Crippen molar-refractivity contribution in [3.05, 3.63) is 58.6 Å². The SMILES string of the molecule is O=C(Nc1ccccc1)c1cc(S(=O)(=O)NC2CCCCC2)ccc1Br. The van der Waals surface area contributed by atoms with Crippen molar-refractivity contribution in [1.82, 2.24) is 4.72 Å². The van der Waals surface area contributed by atoms with Gasteiger partial charge in [0.15, 0.2) is 0 Å². The first-order chi connectivity index (χ1) is 12.5. The van der Waals surface area contributed by atoms with Gasteiger partial charge in [-0.3, -0.25) is 4.79 Å². The van der Waals surface area contributed by atoms with Gasteiger partial charge >= 0.3 is 0 Å². The molecule has 5 nitrogen and oxygen atoms in total. The summed E-state index contributed by atoms with van der Waals surface area (Å²) in [5, 5.41) is 2.77. The van der Waals surface area contributed by atoms with Crippen molar-refractivity contribution >= 4 is 37.5 Å². The van der Waals surface area contributed by atoms with E-state index in [1.807, 2.05) is 18.2 Å². The highest BCUT2D eigenvalue weighted by atomic mass is 79.9. The molecule has 2 N–H and O–H groups in total. The molecule has 0 spiro atoms. The van der Waals surface area contributed by atoms with Crippen LogP contribution in [0.2, 0.25) is 0 Å². The van der Waals surface area contributed by atoms with Gasteiger partial charge in [-0.25, -0.2) is 13.1 Å². The molecule has 1 amide bonds. The minimum absolute atomic E-state index is 0.0287. The average molecular weight is 437 g/mol. The fraction of sp³-hybridized carbons (Fsp3) is 0.316. The zero-order valence-corrected chi connectivity index (χ0v) is 16.6. The molecule has 0 atom stereocenters. The molecule has 1 saturated carbocycles. The molecule has 1 aliphatic carbocycles. The van der Waals surface area contributed by atoms with E-state index in [0.717, 1.165) is 32.1 Å². The Balaban J connectivity index is 1.81. The van der Waals surface area contributed by atoms with Gasteiger partial charge in [-0.1, -0.05) is 37.5 Å². The monoisotopic (exact) mass is 436 g/mol. The number of halogens is 1. The van der Waals surface area contributed by atoms with Crippen LogP contribution in [0.25, 0.3) is 0 Å². The summed E-state index contributed by atoms with van der Waals surface area (Å²) in [6, 6.07) is 13.5. The van der Waals surface area contributed by atoms with Crippen molar-refractivity contribution < 1.29 is 13.2 Å². The molecule has 0 aromatic heterocycles. The third kappa shape index (κ3) is 4.72. The molecular weight excluding hydrogens is 416 g/mol. The normalized spacial score (nSPS) is 15.6. The van der Waals surface area contributed by atoms with E-state index in [9.17, 15) is 13.2 Å². The van der Waals surface area contributed by atoms with Crippen LogP contribution in [0.3, 0.4) is 0 Å². The van der Waals surface area contributed by atoms with Gasteiger partial charge in [0.05, 0.1) is 10.5 Å². The van der Waals surface area contributed by atoms with Gasteiger partial charge in [0.2, 0.25) is 10.0 Å². The maximum atomic E-state index is 12.7. The molecule has 26 heavy (non-hydrogen) atoms. The van der Waals surface area contributed by atoms with Crippen LogP contribution in [0.5, 0.6) is 0 Å². The maximum absolute atomic E-state index is 12.7. The molecule has 3 rings (SSSR count). The highest BCUT2D eigenvalue weighted by Crippen LogP contribution is 2.24. The first-order valence-electron chi connectivity index (χ1n) is 8.64. The van der Waals surface area contributed by atoms with Crippen molar-refractivity contribution in [3.63, 3.8) is 0 Å². The molecule has 2 aromatic rings. The number of benzene rings is 2. The summed E-state index contributed by atoms with van der Waals surface area (Å²) in [7, 11) is -3.66. The van der Waals surface area contributed by atoms with E-state index < -0.39 is 10.0 Å². The molecule has 2 aromatic carbocycles. The maximum Gasteiger partial charge on any atom is 0.256 e. The number of carbonyl (C=O) groups excluding carboxylic acids is 1. The number of carbonyl (C=O) groups is 1. The van der Waals surface area contributed by atoms with E-state index in [0.29, 0.717) is 10.2 Å². The summed E-state index contributed by atoms with van der Waals surface area (Å²) in [6.07, 6.45) is 4.95. The van der Waals surface area contributed by atoms with Gasteiger partial charge in [0.25, 0.3) is 5.91 Å². The van der Waals surface area contributed by atoms with Crippen molar-refractivity contribution in [1.29, 1.82) is 0 Å². The van der Waals surface area contributed by atoms with E-state index in [4.69, 9.17) is 0 Å². The Kier molecular flexibility index (Phi) is 6.11. The van der Waals surface area contributed by atoms with E-state index >= 15 is 0 Å². The van der Waals surface area contributed by atoms with Gasteiger partial charge in [0, 0.05) is 16.2 Å². The molecule has 7 heteroatoms. The van der Waals surface area contributed by atoms with Crippen LogP contribution >= 0.6 is 15.9 Å². The summed E-state index contributed by atoms with van der Waals surface area (Å²) in [4.78, 5) is 12.6. The van der Waals surface area contributed by atoms with Crippen LogP contribution in [0.1, 0.15) is 42.5 Å². The molecule has 1 aliphatic rings. The average Bonchev–Trinajstić information content (AvgIpc) is 2.63. The van der Waals surface area contributed by atoms with Crippen molar-refractivity contribution in [2.24, 2.45) is 0 Å². The number of amides is 1. The van der Waals surface area contributed by atoms with Crippen molar-refractivity contribution in [3.8, 4) is 0 Å². The second kappa shape index (κ2) is 8.33. The molecular formula is C19H21BrN2O3S. The third-order valence-corrected chi connectivity index (χ3v) is 6.66.